The minimum Gasteiger partial charge on any atom is -0.392 e. The number of rotatable bonds is 2. The lowest BCUT2D eigenvalue weighted by Crippen LogP contribution is -2.21. The van der Waals surface area contributed by atoms with Gasteiger partial charge in [-0.15, -0.1) is 0 Å². The molecule has 0 radical (unpaired) electrons. The van der Waals surface area contributed by atoms with E-state index in [-0.39, 0.29) is 6.10 Å². The second-order valence-corrected chi connectivity index (χ2v) is 2.09. The van der Waals surface area contributed by atoms with Gasteiger partial charge in [0.05, 0.1) is 23.8 Å². The predicted molar refractivity (Wildman–Crippen MR) is 31.6 cm³/mol. The number of hydrogen-bond acceptors (Lipinski definition) is 4. The summed E-state index contributed by atoms with van der Waals surface area (Å²) in [6.07, 6.45) is 1.70. The van der Waals surface area contributed by atoms with E-state index < -0.39 is 0 Å². The summed E-state index contributed by atoms with van der Waals surface area (Å²) in [6.45, 7) is 1.40. The maximum absolute atomic E-state index is 7.90. The first-order valence-electron chi connectivity index (χ1n) is 3.21. The Hall–Kier alpha value is -0.840. The van der Waals surface area contributed by atoms with Crippen molar-refractivity contribution >= 4 is 0 Å². The molecule has 1 N–H and O–H groups in total. The van der Waals surface area contributed by atoms with Gasteiger partial charge in [-0.1, -0.05) is 0 Å². The summed E-state index contributed by atoms with van der Waals surface area (Å²) in [5.74, 6) is 0. The monoisotopic (exact) mass is 146 g/mol. The summed E-state index contributed by atoms with van der Waals surface area (Å²) < 4.78 is 5.06. The first kappa shape index (κ1) is 7.27. The zero-order chi connectivity index (χ0) is 7.23. The molecule has 0 atom stereocenters. The van der Waals surface area contributed by atoms with Crippen molar-refractivity contribution in [1.82, 2.24) is 0 Å². The SMILES string of the molecule is ON=NOC1CCOCC1. The van der Waals surface area contributed by atoms with E-state index in [2.05, 4.69) is 10.6 Å². The normalized spacial score (nSPS) is 21.6. The molecule has 10 heavy (non-hydrogen) atoms. The Kier molecular flexibility index (Phi) is 2.95. The van der Waals surface area contributed by atoms with Crippen LogP contribution in [0.3, 0.4) is 0 Å². The van der Waals surface area contributed by atoms with Crippen molar-refractivity contribution in [3.63, 3.8) is 0 Å². The fourth-order valence-corrected chi connectivity index (χ4v) is 0.869. The molecule has 0 spiro atoms. The van der Waals surface area contributed by atoms with Crippen molar-refractivity contribution in [1.29, 1.82) is 0 Å². The summed E-state index contributed by atoms with van der Waals surface area (Å²) in [6, 6.07) is 0. The molecule has 0 saturated carbocycles. The Morgan fingerprint density at radius 1 is 1.40 bits per heavy atom. The average Bonchev–Trinajstić information content (AvgIpc) is 2.03. The highest BCUT2D eigenvalue weighted by Crippen LogP contribution is 2.10. The molecule has 1 aliphatic heterocycles. The summed E-state index contributed by atoms with van der Waals surface area (Å²) >= 11 is 0. The fraction of sp³-hybridized carbons (Fsp3) is 1.00. The van der Waals surface area contributed by atoms with Crippen molar-refractivity contribution in [2.75, 3.05) is 13.2 Å². The molecule has 0 aromatic heterocycles. The Morgan fingerprint density at radius 2 is 2.10 bits per heavy atom. The first-order chi connectivity index (χ1) is 4.93. The molecule has 58 valence electrons. The van der Waals surface area contributed by atoms with Crippen molar-refractivity contribution in [3.8, 4) is 0 Å². The van der Waals surface area contributed by atoms with Crippen LogP contribution >= 0.6 is 0 Å². The van der Waals surface area contributed by atoms with Gasteiger partial charge >= 0.3 is 0 Å². The standard InChI is InChI=1S/C5H10N2O3/c8-6-7-10-5-1-3-9-4-2-5/h5H,1-4H2,(H,7,8). The number of nitrogens with zero attached hydrogens (tertiary/aromatic N) is 2. The largest absolute Gasteiger partial charge is 0.392 e. The third-order valence-electron chi connectivity index (χ3n) is 1.40. The van der Waals surface area contributed by atoms with Crippen LogP contribution in [0.5, 0.6) is 0 Å². The predicted octanol–water partition coefficient (Wildman–Crippen LogP) is 0.938. The van der Waals surface area contributed by atoms with Gasteiger partial charge in [-0.25, -0.2) is 0 Å². The van der Waals surface area contributed by atoms with Gasteiger partial charge in [-0.05, 0) is 0 Å². The van der Waals surface area contributed by atoms with E-state index in [1.165, 1.54) is 0 Å². The molecule has 1 aliphatic rings. The minimum absolute atomic E-state index is 0.0599. The van der Waals surface area contributed by atoms with Crippen LogP contribution in [0.15, 0.2) is 10.6 Å². The zero-order valence-corrected chi connectivity index (χ0v) is 5.56. The van der Waals surface area contributed by atoms with E-state index in [0.717, 1.165) is 12.8 Å². The van der Waals surface area contributed by atoms with Crippen LogP contribution in [0.25, 0.3) is 0 Å². The van der Waals surface area contributed by atoms with E-state index in [9.17, 15) is 0 Å². The highest BCUT2D eigenvalue weighted by atomic mass is 16.7. The molecule has 5 nitrogen and oxygen atoms in total. The van der Waals surface area contributed by atoms with Crippen LogP contribution < -0.4 is 0 Å². The Balaban J connectivity index is 2.13. The Labute approximate surface area is 58.6 Å². The summed E-state index contributed by atoms with van der Waals surface area (Å²) in [5.41, 5.74) is 0. The number of ether oxygens (including phenoxy) is 1. The van der Waals surface area contributed by atoms with E-state index in [1.807, 2.05) is 0 Å². The first-order valence-corrected chi connectivity index (χ1v) is 3.21. The van der Waals surface area contributed by atoms with E-state index >= 15 is 0 Å². The molecule has 1 rings (SSSR count). The summed E-state index contributed by atoms with van der Waals surface area (Å²) in [5, 5.41) is 13.4. The van der Waals surface area contributed by atoms with Crippen LogP contribution in [-0.4, -0.2) is 24.5 Å². The van der Waals surface area contributed by atoms with Gasteiger partial charge in [0.2, 0.25) is 0 Å². The molecule has 0 unspecified atom stereocenters. The van der Waals surface area contributed by atoms with Gasteiger partial charge in [0.1, 0.15) is 6.10 Å². The second kappa shape index (κ2) is 4.05. The lowest BCUT2D eigenvalue weighted by molar-refractivity contribution is -0.0478. The van der Waals surface area contributed by atoms with Gasteiger partial charge < -0.3 is 14.8 Å². The Morgan fingerprint density at radius 3 is 2.70 bits per heavy atom. The third kappa shape index (κ3) is 2.18. The molecule has 5 heteroatoms. The molecular formula is C5H10N2O3. The molecule has 0 aromatic carbocycles. The second-order valence-electron chi connectivity index (χ2n) is 2.09. The van der Waals surface area contributed by atoms with Gasteiger partial charge in [-0.2, -0.15) is 0 Å². The Bertz CT molecular complexity index is 111. The van der Waals surface area contributed by atoms with Gasteiger partial charge in [0.25, 0.3) is 0 Å². The van der Waals surface area contributed by atoms with Crippen LogP contribution in [0.4, 0.5) is 0 Å². The fourth-order valence-electron chi connectivity index (χ4n) is 0.869. The smallest absolute Gasteiger partial charge is 0.133 e. The maximum atomic E-state index is 7.90. The zero-order valence-electron chi connectivity index (χ0n) is 5.56. The molecule has 1 saturated heterocycles. The summed E-state index contributed by atoms with van der Waals surface area (Å²) in [7, 11) is 0. The average molecular weight is 146 g/mol. The highest BCUT2D eigenvalue weighted by molar-refractivity contribution is 4.60. The van der Waals surface area contributed by atoms with Gasteiger partial charge in [-0.3, -0.25) is 0 Å². The van der Waals surface area contributed by atoms with Crippen molar-refractivity contribution in [3.05, 3.63) is 0 Å². The molecule has 0 amide bonds. The van der Waals surface area contributed by atoms with Gasteiger partial charge in [0, 0.05) is 12.8 Å². The van der Waals surface area contributed by atoms with Crippen molar-refractivity contribution in [2.45, 2.75) is 18.9 Å². The third-order valence-corrected chi connectivity index (χ3v) is 1.40. The van der Waals surface area contributed by atoms with E-state index in [0.29, 0.717) is 13.2 Å². The van der Waals surface area contributed by atoms with Crippen molar-refractivity contribution in [2.24, 2.45) is 10.6 Å². The topological polar surface area (TPSA) is 63.4 Å². The van der Waals surface area contributed by atoms with E-state index in [1.54, 1.807) is 0 Å². The molecule has 0 aliphatic carbocycles. The summed E-state index contributed by atoms with van der Waals surface area (Å²) in [4.78, 5) is 4.76. The van der Waals surface area contributed by atoms with Crippen LogP contribution in [0, 0.1) is 0 Å². The van der Waals surface area contributed by atoms with E-state index in [4.69, 9.17) is 14.8 Å². The molecule has 0 aromatic rings. The highest BCUT2D eigenvalue weighted by Gasteiger charge is 2.14. The van der Waals surface area contributed by atoms with Gasteiger partial charge in [0.15, 0.2) is 0 Å². The van der Waals surface area contributed by atoms with Crippen LogP contribution in [0.1, 0.15) is 12.8 Å². The lowest BCUT2D eigenvalue weighted by atomic mass is 10.2. The molecule has 1 heterocycles. The van der Waals surface area contributed by atoms with Crippen LogP contribution in [0.2, 0.25) is 0 Å². The maximum Gasteiger partial charge on any atom is 0.133 e. The lowest BCUT2D eigenvalue weighted by Gasteiger charge is -2.18. The molecular weight excluding hydrogens is 136 g/mol. The molecule has 1 fully saturated rings. The van der Waals surface area contributed by atoms with Crippen LogP contribution in [-0.2, 0) is 9.57 Å². The molecule has 0 bridgehead atoms. The quantitative estimate of drug-likeness (QED) is 0.465. The van der Waals surface area contributed by atoms with Crippen molar-refractivity contribution < 1.29 is 14.8 Å². The minimum atomic E-state index is 0.0599. The number of hydrogen-bond donors (Lipinski definition) is 1.